The molecule has 0 unspecified atom stereocenters. The molecule has 0 aliphatic rings. The van der Waals surface area contributed by atoms with Crippen LogP contribution in [0.25, 0.3) is 33.5 Å². The smallest absolute Gasteiger partial charge is 0.260 e. The van der Waals surface area contributed by atoms with E-state index in [0.29, 0.717) is 27.4 Å². The quantitative estimate of drug-likeness (QED) is 0.467. The van der Waals surface area contributed by atoms with Crippen molar-refractivity contribution in [2.24, 2.45) is 0 Å². The maximum absolute atomic E-state index is 13.2. The van der Waals surface area contributed by atoms with Crippen molar-refractivity contribution in [3.8, 4) is 39.3 Å². The molecule has 0 fully saturated rings. The second-order valence-corrected chi connectivity index (χ2v) is 7.03. The van der Waals surface area contributed by atoms with E-state index in [4.69, 9.17) is 11.6 Å². The van der Waals surface area contributed by atoms with Gasteiger partial charge in [0.1, 0.15) is 11.6 Å². The van der Waals surface area contributed by atoms with Crippen molar-refractivity contribution in [1.82, 2.24) is 9.97 Å². The second kappa shape index (κ2) is 7.53. The summed E-state index contributed by atoms with van der Waals surface area (Å²) in [7, 11) is 0. The van der Waals surface area contributed by atoms with Crippen molar-refractivity contribution in [2.75, 3.05) is 0 Å². The molecular formula is C23H16ClFN2O2. The highest BCUT2D eigenvalue weighted by Gasteiger charge is 2.19. The van der Waals surface area contributed by atoms with E-state index >= 15 is 0 Å². The van der Waals surface area contributed by atoms with Crippen LogP contribution in [0.5, 0.6) is 5.75 Å². The van der Waals surface area contributed by atoms with Crippen LogP contribution < -0.4 is 5.56 Å². The zero-order valence-corrected chi connectivity index (χ0v) is 16.2. The van der Waals surface area contributed by atoms with Crippen LogP contribution in [0.15, 0.2) is 71.8 Å². The average molecular weight is 407 g/mol. The van der Waals surface area contributed by atoms with Gasteiger partial charge in [-0.1, -0.05) is 35.9 Å². The Morgan fingerprint density at radius 2 is 1.76 bits per heavy atom. The third-order valence-corrected chi connectivity index (χ3v) is 5.11. The van der Waals surface area contributed by atoms with Gasteiger partial charge in [0.05, 0.1) is 11.3 Å². The third kappa shape index (κ3) is 3.52. The first kappa shape index (κ1) is 18.9. The molecule has 0 amide bonds. The molecule has 4 rings (SSSR count). The van der Waals surface area contributed by atoms with Crippen LogP contribution in [0.2, 0.25) is 5.02 Å². The van der Waals surface area contributed by atoms with E-state index in [1.54, 1.807) is 61.8 Å². The number of hydrogen-bond acceptors (Lipinski definition) is 3. The summed E-state index contributed by atoms with van der Waals surface area (Å²) in [6, 6.07) is 14.7. The molecule has 2 N–H and O–H groups in total. The van der Waals surface area contributed by atoms with Gasteiger partial charge in [0.2, 0.25) is 0 Å². The maximum Gasteiger partial charge on any atom is 0.260 e. The molecular weight excluding hydrogens is 391 g/mol. The number of aromatic hydroxyl groups is 1. The average Bonchev–Trinajstić information content (AvgIpc) is 2.73. The van der Waals surface area contributed by atoms with Crippen molar-refractivity contribution in [3.63, 3.8) is 0 Å². The summed E-state index contributed by atoms with van der Waals surface area (Å²) < 4.78 is 13.2. The molecule has 4 nitrogen and oxygen atoms in total. The molecule has 2 aromatic heterocycles. The summed E-state index contributed by atoms with van der Waals surface area (Å²) in [4.78, 5) is 19.7. The number of benzene rings is 2. The monoisotopic (exact) mass is 406 g/mol. The Morgan fingerprint density at radius 3 is 2.41 bits per heavy atom. The van der Waals surface area contributed by atoms with Gasteiger partial charge >= 0.3 is 0 Å². The number of hydrogen-bond donors (Lipinski definition) is 2. The van der Waals surface area contributed by atoms with Crippen LogP contribution in [0.1, 0.15) is 5.56 Å². The van der Waals surface area contributed by atoms with E-state index in [0.717, 1.165) is 11.1 Å². The molecule has 0 saturated heterocycles. The number of H-pyrrole nitrogens is 1. The fraction of sp³-hybridized carbons (Fsp3) is 0.0435. The van der Waals surface area contributed by atoms with Crippen LogP contribution in [-0.2, 0) is 0 Å². The number of aromatic amines is 1. The lowest BCUT2D eigenvalue weighted by Crippen LogP contribution is -2.12. The Bertz CT molecular complexity index is 1250. The summed E-state index contributed by atoms with van der Waals surface area (Å²) in [5.41, 5.74) is 3.35. The molecule has 0 spiro atoms. The molecule has 2 heterocycles. The van der Waals surface area contributed by atoms with Gasteiger partial charge in [-0.3, -0.25) is 9.78 Å². The zero-order chi connectivity index (χ0) is 20.5. The Balaban J connectivity index is 1.82. The molecule has 0 bridgehead atoms. The van der Waals surface area contributed by atoms with Crippen LogP contribution in [0, 0.1) is 12.7 Å². The van der Waals surface area contributed by atoms with Crippen molar-refractivity contribution in [2.45, 2.75) is 6.92 Å². The molecule has 0 aliphatic heterocycles. The van der Waals surface area contributed by atoms with Gasteiger partial charge in [0.25, 0.3) is 5.56 Å². The molecule has 6 heteroatoms. The highest BCUT2D eigenvalue weighted by atomic mass is 35.5. The van der Waals surface area contributed by atoms with Gasteiger partial charge in [-0.2, -0.15) is 0 Å². The minimum atomic E-state index is -0.455. The van der Waals surface area contributed by atoms with E-state index in [1.807, 2.05) is 0 Å². The van der Waals surface area contributed by atoms with Crippen molar-refractivity contribution < 1.29 is 9.50 Å². The molecule has 144 valence electrons. The number of nitrogens with zero attached hydrogens (tertiary/aromatic N) is 1. The first-order valence-corrected chi connectivity index (χ1v) is 9.25. The highest BCUT2D eigenvalue weighted by Crippen LogP contribution is 2.38. The molecule has 0 aliphatic carbocycles. The van der Waals surface area contributed by atoms with Gasteiger partial charge in [-0.05, 0) is 48.4 Å². The minimum absolute atomic E-state index is 0.103. The molecule has 0 atom stereocenters. The Hall–Kier alpha value is -3.44. The fourth-order valence-corrected chi connectivity index (χ4v) is 3.55. The van der Waals surface area contributed by atoms with Gasteiger partial charge in [0, 0.05) is 34.1 Å². The topological polar surface area (TPSA) is 66.0 Å². The lowest BCUT2D eigenvalue weighted by molar-refractivity contribution is 0.472. The van der Waals surface area contributed by atoms with E-state index in [9.17, 15) is 14.3 Å². The van der Waals surface area contributed by atoms with Gasteiger partial charge in [-0.25, -0.2) is 4.39 Å². The lowest BCUT2D eigenvalue weighted by Gasteiger charge is -2.13. The molecule has 2 aromatic carbocycles. The summed E-state index contributed by atoms with van der Waals surface area (Å²) in [5, 5.41) is 11.1. The van der Waals surface area contributed by atoms with Crippen LogP contribution in [0.3, 0.4) is 0 Å². The standard InChI is InChI=1S/C23H16ClFN2O2/c1-13-21(16-3-2-10-26-12-16)27-23(29)20(22(13)28)18-9-6-15(11-19(18)24)14-4-7-17(25)8-5-14/h2-12H,1H3,(H2,27,28,29). The van der Waals surface area contributed by atoms with Crippen molar-refractivity contribution in [3.05, 3.63) is 93.7 Å². The highest BCUT2D eigenvalue weighted by molar-refractivity contribution is 6.33. The first-order chi connectivity index (χ1) is 14.0. The minimum Gasteiger partial charge on any atom is -0.507 e. The predicted molar refractivity (Wildman–Crippen MR) is 113 cm³/mol. The SMILES string of the molecule is Cc1c(-c2cccnc2)[nH]c(=O)c(-c2ccc(-c3ccc(F)cc3)cc2Cl)c1O. The summed E-state index contributed by atoms with van der Waals surface area (Å²) in [5.74, 6) is -0.457. The number of rotatable bonds is 3. The van der Waals surface area contributed by atoms with Crippen molar-refractivity contribution >= 4 is 11.6 Å². The summed E-state index contributed by atoms with van der Waals surface area (Å²) in [6.45, 7) is 1.72. The molecule has 0 radical (unpaired) electrons. The van der Waals surface area contributed by atoms with E-state index in [-0.39, 0.29) is 17.1 Å². The van der Waals surface area contributed by atoms with E-state index < -0.39 is 5.56 Å². The summed E-state index contributed by atoms with van der Waals surface area (Å²) in [6.07, 6.45) is 3.25. The Labute approximate surface area is 171 Å². The lowest BCUT2D eigenvalue weighted by atomic mass is 9.97. The van der Waals surface area contributed by atoms with Gasteiger partial charge < -0.3 is 10.1 Å². The van der Waals surface area contributed by atoms with E-state index in [1.165, 1.54) is 12.1 Å². The summed E-state index contributed by atoms with van der Waals surface area (Å²) >= 11 is 6.45. The van der Waals surface area contributed by atoms with Crippen LogP contribution >= 0.6 is 11.6 Å². The largest absolute Gasteiger partial charge is 0.507 e. The number of aromatic nitrogens is 2. The number of nitrogens with one attached hydrogen (secondary N) is 1. The Kier molecular flexibility index (Phi) is 4.91. The molecule has 4 aromatic rings. The van der Waals surface area contributed by atoms with E-state index in [2.05, 4.69) is 9.97 Å². The third-order valence-electron chi connectivity index (χ3n) is 4.80. The van der Waals surface area contributed by atoms with Crippen molar-refractivity contribution in [1.29, 1.82) is 0 Å². The number of pyridine rings is 2. The normalized spacial score (nSPS) is 10.9. The molecule has 0 saturated carbocycles. The molecule has 29 heavy (non-hydrogen) atoms. The van der Waals surface area contributed by atoms with Gasteiger partial charge in [-0.15, -0.1) is 0 Å². The van der Waals surface area contributed by atoms with Crippen LogP contribution in [-0.4, -0.2) is 15.1 Å². The zero-order valence-electron chi connectivity index (χ0n) is 15.4. The number of halogens is 2. The van der Waals surface area contributed by atoms with Crippen LogP contribution in [0.4, 0.5) is 4.39 Å². The fourth-order valence-electron chi connectivity index (χ4n) is 3.27. The second-order valence-electron chi connectivity index (χ2n) is 6.62. The van der Waals surface area contributed by atoms with Gasteiger partial charge in [0.15, 0.2) is 0 Å². The first-order valence-electron chi connectivity index (χ1n) is 8.88. The maximum atomic E-state index is 13.2. The predicted octanol–water partition coefficient (Wildman–Crippen LogP) is 5.58. The Morgan fingerprint density at radius 1 is 1.03 bits per heavy atom.